The zero-order valence-corrected chi connectivity index (χ0v) is 19.4. The molecule has 1 heterocycles. The first-order chi connectivity index (χ1) is 14.5. The highest BCUT2D eigenvalue weighted by Crippen LogP contribution is 2.35. The van der Waals surface area contributed by atoms with E-state index in [1.807, 2.05) is 38.1 Å². The van der Waals surface area contributed by atoms with Crippen molar-refractivity contribution in [3.05, 3.63) is 28.7 Å². The van der Waals surface area contributed by atoms with Gasteiger partial charge in [-0.1, -0.05) is 36.5 Å². The number of hydrogen-bond acceptors (Lipinski definition) is 7. The number of thiocarbonyl (C=S) groups is 1. The van der Waals surface area contributed by atoms with Gasteiger partial charge in [-0.3, -0.25) is 14.5 Å². The quantitative estimate of drug-likeness (QED) is 0.196. The maximum atomic E-state index is 12.8. The van der Waals surface area contributed by atoms with E-state index in [4.69, 9.17) is 26.4 Å². The Labute approximate surface area is 187 Å². The predicted molar refractivity (Wildman–Crippen MR) is 124 cm³/mol. The zero-order valence-electron chi connectivity index (χ0n) is 17.8. The average molecular weight is 452 g/mol. The lowest BCUT2D eigenvalue weighted by Gasteiger charge is -2.14. The molecule has 1 aromatic rings. The lowest BCUT2D eigenvalue weighted by molar-refractivity contribution is -0.143. The summed E-state index contributed by atoms with van der Waals surface area (Å²) in [4.78, 5) is 26.4. The summed E-state index contributed by atoms with van der Waals surface area (Å²) in [7, 11) is 0. The molecule has 30 heavy (non-hydrogen) atoms. The molecule has 0 aromatic heterocycles. The van der Waals surface area contributed by atoms with E-state index in [-0.39, 0.29) is 11.9 Å². The van der Waals surface area contributed by atoms with Crippen LogP contribution in [0.5, 0.6) is 11.5 Å². The Morgan fingerprint density at radius 3 is 2.50 bits per heavy atom. The number of benzene rings is 1. The van der Waals surface area contributed by atoms with Crippen molar-refractivity contribution in [1.82, 2.24) is 4.90 Å². The highest BCUT2D eigenvalue weighted by atomic mass is 32.2. The molecule has 0 saturated carbocycles. The number of amides is 1. The van der Waals surface area contributed by atoms with Crippen LogP contribution in [0.25, 0.3) is 6.08 Å². The maximum Gasteiger partial charge on any atom is 0.305 e. The molecule has 164 valence electrons. The summed E-state index contributed by atoms with van der Waals surface area (Å²) in [6.07, 6.45) is 4.61. The van der Waals surface area contributed by atoms with Crippen LogP contribution in [0.2, 0.25) is 0 Å². The number of nitrogens with zero attached hydrogens (tertiary/aromatic N) is 1. The Hall–Kier alpha value is -2.06. The third-order valence-corrected chi connectivity index (χ3v) is 5.68. The molecule has 0 atom stereocenters. The van der Waals surface area contributed by atoms with Crippen LogP contribution >= 0.6 is 24.0 Å². The van der Waals surface area contributed by atoms with Gasteiger partial charge in [0.05, 0.1) is 24.7 Å². The maximum absolute atomic E-state index is 12.8. The minimum atomic E-state index is -0.173. The fourth-order valence-corrected chi connectivity index (χ4v) is 4.26. The summed E-state index contributed by atoms with van der Waals surface area (Å²) < 4.78 is 16.7. The van der Waals surface area contributed by atoms with E-state index < -0.39 is 0 Å². The molecule has 0 unspecified atom stereocenters. The van der Waals surface area contributed by atoms with Crippen molar-refractivity contribution in [2.24, 2.45) is 0 Å². The zero-order chi connectivity index (χ0) is 21.9. The number of carbonyl (C=O) groups is 2. The minimum absolute atomic E-state index is 0.0813. The molecule has 8 heteroatoms. The Morgan fingerprint density at radius 2 is 1.80 bits per heavy atom. The summed E-state index contributed by atoms with van der Waals surface area (Å²) in [6.45, 7) is 7.68. The molecule has 0 bridgehead atoms. The van der Waals surface area contributed by atoms with E-state index in [1.54, 1.807) is 11.8 Å². The number of esters is 1. The molecule has 1 aliphatic rings. The van der Waals surface area contributed by atoms with Gasteiger partial charge in [-0.15, -0.1) is 0 Å². The fraction of sp³-hybridized carbons (Fsp3) is 0.500. The monoisotopic (exact) mass is 451 g/mol. The summed E-state index contributed by atoms with van der Waals surface area (Å²) in [6, 6.07) is 5.62. The van der Waals surface area contributed by atoms with Crippen LogP contribution in [-0.4, -0.2) is 47.5 Å². The van der Waals surface area contributed by atoms with Crippen molar-refractivity contribution in [3.8, 4) is 11.5 Å². The third-order valence-electron chi connectivity index (χ3n) is 4.31. The molecule has 0 N–H and O–H groups in total. The van der Waals surface area contributed by atoms with E-state index >= 15 is 0 Å². The highest BCUT2D eigenvalue weighted by molar-refractivity contribution is 8.26. The number of hydrogen-bond donors (Lipinski definition) is 0. The van der Waals surface area contributed by atoms with Gasteiger partial charge in [0.1, 0.15) is 4.32 Å². The largest absolute Gasteiger partial charge is 0.490 e. The molecule has 1 amide bonds. The number of thioether (sulfide) groups is 1. The first-order valence-corrected chi connectivity index (χ1v) is 11.5. The van der Waals surface area contributed by atoms with Crippen LogP contribution in [0.4, 0.5) is 0 Å². The first-order valence-electron chi connectivity index (χ1n) is 10.3. The van der Waals surface area contributed by atoms with Gasteiger partial charge in [0.2, 0.25) is 0 Å². The molecule has 1 fully saturated rings. The molecule has 2 rings (SSSR count). The van der Waals surface area contributed by atoms with Crippen LogP contribution < -0.4 is 9.47 Å². The number of carbonyl (C=O) groups excluding carboxylic acids is 2. The Balaban J connectivity index is 1.96. The van der Waals surface area contributed by atoms with Gasteiger partial charge < -0.3 is 14.2 Å². The van der Waals surface area contributed by atoms with Crippen LogP contribution in [-0.2, 0) is 14.3 Å². The van der Waals surface area contributed by atoms with Crippen molar-refractivity contribution in [2.45, 2.75) is 46.5 Å². The second-order valence-electron chi connectivity index (χ2n) is 6.52. The van der Waals surface area contributed by atoms with Crippen molar-refractivity contribution in [2.75, 3.05) is 26.4 Å². The van der Waals surface area contributed by atoms with Crippen LogP contribution in [0.3, 0.4) is 0 Å². The third kappa shape index (κ3) is 7.02. The molecule has 1 aliphatic heterocycles. The van der Waals surface area contributed by atoms with Crippen LogP contribution in [0.1, 0.15) is 52.0 Å². The van der Waals surface area contributed by atoms with Gasteiger partial charge in [-0.05, 0) is 57.4 Å². The van der Waals surface area contributed by atoms with E-state index in [0.717, 1.165) is 24.8 Å². The van der Waals surface area contributed by atoms with Crippen LogP contribution in [0.15, 0.2) is 23.1 Å². The van der Waals surface area contributed by atoms with Gasteiger partial charge in [0, 0.05) is 13.0 Å². The Bertz CT molecular complexity index is 794. The molecule has 0 radical (unpaired) electrons. The Kier molecular flexibility index (Phi) is 10.2. The molecular weight excluding hydrogens is 422 g/mol. The SMILES string of the molecule is CCOC(=O)CCCCCN1C(=O)/C(=C/c2ccc(OCC)c(OCC)c2)SC1=S. The lowest BCUT2D eigenvalue weighted by atomic mass is 10.1. The van der Waals surface area contributed by atoms with Gasteiger partial charge in [0.15, 0.2) is 11.5 Å². The standard InChI is InChI=1S/C22H29NO5S2/c1-4-26-17-12-11-16(14-18(17)27-5-2)15-19-21(25)23(22(29)30-19)13-9-7-8-10-20(24)28-6-3/h11-12,14-15H,4-10,13H2,1-3H3/b19-15-. The highest BCUT2D eigenvalue weighted by Gasteiger charge is 2.31. The van der Waals surface area contributed by atoms with Crippen molar-refractivity contribution in [1.29, 1.82) is 0 Å². The molecule has 0 aliphatic carbocycles. The smallest absolute Gasteiger partial charge is 0.305 e. The number of rotatable bonds is 12. The summed E-state index contributed by atoms with van der Waals surface area (Å²) in [5.41, 5.74) is 0.858. The normalized spacial score (nSPS) is 15.0. The van der Waals surface area contributed by atoms with Gasteiger partial charge in [0.25, 0.3) is 5.91 Å². The molecule has 1 saturated heterocycles. The number of ether oxygens (including phenoxy) is 3. The minimum Gasteiger partial charge on any atom is -0.490 e. The van der Waals surface area contributed by atoms with Gasteiger partial charge >= 0.3 is 5.97 Å². The molecular formula is C22H29NO5S2. The first kappa shape index (κ1) is 24.2. The predicted octanol–water partition coefficient (Wildman–Crippen LogP) is 4.81. The van der Waals surface area contributed by atoms with Crippen LogP contribution in [0, 0.1) is 0 Å². The lowest BCUT2D eigenvalue weighted by Crippen LogP contribution is -2.29. The second kappa shape index (κ2) is 12.6. The van der Waals surface area contributed by atoms with E-state index in [0.29, 0.717) is 53.5 Å². The van der Waals surface area contributed by atoms with Crippen molar-refractivity contribution in [3.63, 3.8) is 0 Å². The molecule has 1 aromatic carbocycles. The summed E-state index contributed by atoms with van der Waals surface area (Å²) in [5, 5.41) is 0. The van der Waals surface area contributed by atoms with Crippen molar-refractivity contribution < 1.29 is 23.8 Å². The van der Waals surface area contributed by atoms with E-state index in [2.05, 4.69) is 0 Å². The van der Waals surface area contributed by atoms with Gasteiger partial charge in [-0.2, -0.15) is 0 Å². The summed E-state index contributed by atoms with van der Waals surface area (Å²) >= 11 is 6.70. The molecule has 6 nitrogen and oxygen atoms in total. The van der Waals surface area contributed by atoms with Gasteiger partial charge in [-0.25, -0.2) is 0 Å². The van der Waals surface area contributed by atoms with Crippen molar-refractivity contribution >= 4 is 46.3 Å². The Morgan fingerprint density at radius 1 is 1.07 bits per heavy atom. The fourth-order valence-electron chi connectivity index (χ4n) is 2.95. The second-order valence-corrected chi connectivity index (χ2v) is 8.20. The average Bonchev–Trinajstić information content (AvgIpc) is 2.97. The van der Waals surface area contributed by atoms with E-state index in [9.17, 15) is 9.59 Å². The molecule has 0 spiro atoms. The summed E-state index contributed by atoms with van der Waals surface area (Å²) in [5.74, 6) is 1.09. The van der Waals surface area contributed by atoms with E-state index in [1.165, 1.54) is 11.8 Å². The number of unbranched alkanes of at least 4 members (excludes halogenated alkanes) is 2. The topological polar surface area (TPSA) is 65.1 Å².